The highest BCUT2D eigenvalue weighted by molar-refractivity contribution is 5.89. The second-order valence-corrected chi connectivity index (χ2v) is 7.19. The van der Waals surface area contributed by atoms with Crippen molar-refractivity contribution in [1.82, 2.24) is 4.98 Å². The number of carbonyl (C=O) groups excluding carboxylic acids is 1. The normalized spacial score (nSPS) is 12.8. The van der Waals surface area contributed by atoms with Crippen molar-refractivity contribution < 1.29 is 19.0 Å². The van der Waals surface area contributed by atoms with Crippen LogP contribution in [0.15, 0.2) is 67.0 Å². The van der Waals surface area contributed by atoms with Crippen LogP contribution in [0.2, 0.25) is 0 Å². The van der Waals surface area contributed by atoms with E-state index >= 15 is 0 Å². The molecular formula is C24H25FN2O3. The predicted octanol–water partition coefficient (Wildman–Crippen LogP) is 4.61. The number of benzene rings is 2. The first kappa shape index (κ1) is 21.5. The molecule has 5 nitrogen and oxygen atoms in total. The van der Waals surface area contributed by atoms with Crippen LogP contribution in [0.25, 0.3) is 11.1 Å². The van der Waals surface area contributed by atoms with Crippen LogP contribution in [0.3, 0.4) is 0 Å². The molecule has 2 atom stereocenters. The number of amides is 1. The molecule has 2 N–H and O–H groups in total. The summed E-state index contributed by atoms with van der Waals surface area (Å²) in [7, 11) is 0. The first-order chi connectivity index (χ1) is 14.4. The molecule has 0 bridgehead atoms. The number of rotatable bonds is 8. The van der Waals surface area contributed by atoms with E-state index in [1.54, 1.807) is 30.6 Å². The molecule has 0 aliphatic rings. The van der Waals surface area contributed by atoms with Crippen molar-refractivity contribution in [2.24, 2.45) is 0 Å². The topological polar surface area (TPSA) is 71.5 Å². The molecule has 0 fully saturated rings. The molecule has 0 unspecified atom stereocenters. The number of hydrogen-bond donors (Lipinski definition) is 2. The number of ether oxygens (including phenoxy) is 1. The molecule has 3 rings (SSSR count). The second-order valence-electron chi connectivity index (χ2n) is 7.19. The number of hydrogen-bond acceptors (Lipinski definition) is 4. The Hall–Kier alpha value is -3.25. The molecule has 1 heterocycles. The minimum Gasteiger partial charge on any atom is -0.488 e. The number of pyridine rings is 1. The van der Waals surface area contributed by atoms with Crippen molar-refractivity contribution >= 4 is 11.6 Å². The van der Waals surface area contributed by atoms with Gasteiger partial charge in [-0.05, 0) is 66.8 Å². The minimum atomic E-state index is -0.611. The number of anilines is 1. The molecule has 3 aromatic rings. The van der Waals surface area contributed by atoms with E-state index in [1.807, 2.05) is 31.2 Å². The van der Waals surface area contributed by atoms with Gasteiger partial charge in [0.15, 0.2) is 0 Å². The molecule has 2 aromatic carbocycles. The fourth-order valence-electron chi connectivity index (χ4n) is 3.10. The van der Waals surface area contributed by atoms with Crippen LogP contribution >= 0.6 is 0 Å². The van der Waals surface area contributed by atoms with Gasteiger partial charge in [0.2, 0.25) is 5.91 Å². The van der Waals surface area contributed by atoms with Crippen molar-refractivity contribution in [2.45, 2.75) is 38.9 Å². The van der Waals surface area contributed by atoms with E-state index in [0.29, 0.717) is 17.7 Å². The number of halogens is 1. The Bertz CT molecular complexity index is 978. The molecule has 0 saturated carbocycles. The maximum atomic E-state index is 14.2. The molecule has 1 aromatic heterocycles. The van der Waals surface area contributed by atoms with Gasteiger partial charge in [-0.2, -0.15) is 0 Å². The number of aliphatic hydroxyl groups excluding tert-OH is 1. The Morgan fingerprint density at radius 2 is 1.90 bits per heavy atom. The van der Waals surface area contributed by atoms with E-state index in [2.05, 4.69) is 10.3 Å². The molecule has 0 saturated heterocycles. The summed E-state index contributed by atoms with van der Waals surface area (Å²) in [5.41, 5.74) is 2.74. The van der Waals surface area contributed by atoms with E-state index in [4.69, 9.17) is 4.74 Å². The summed E-state index contributed by atoms with van der Waals surface area (Å²) >= 11 is 0. The van der Waals surface area contributed by atoms with Gasteiger partial charge < -0.3 is 15.2 Å². The summed E-state index contributed by atoms with van der Waals surface area (Å²) in [4.78, 5) is 15.2. The molecule has 0 radical (unpaired) electrons. The van der Waals surface area contributed by atoms with Gasteiger partial charge in [0.05, 0.1) is 11.8 Å². The summed E-state index contributed by atoms with van der Waals surface area (Å²) in [5.74, 6) is -0.185. The van der Waals surface area contributed by atoms with Crippen LogP contribution in [-0.4, -0.2) is 28.2 Å². The van der Waals surface area contributed by atoms with Crippen LogP contribution in [0.1, 0.15) is 25.8 Å². The third-order valence-electron chi connectivity index (χ3n) is 4.78. The van der Waals surface area contributed by atoms with Crippen LogP contribution in [0.5, 0.6) is 5.75 Å². The number of aliphatic hydroxyl groups is 1. The van der Waals surface area contributed by atoms with Gasteiger partial charge in [0.1, 0.15) is 17.7 Å². The van der Waals surface area contributed by atoms with Crippen LogP contribution in [0, 0.1) is 5.82 Å². The molecular weight excluding hydrogens is 383 g/mol. The largest absolute Gasteiger partial charge is 0.488 e. The van der Waals surface area contributed by atoms with Crippen molar-refractivity contribution in [2.75, 3.05) is 5.32 Å². The van der Waals surface area contributed by atoms with Gasteiger partial charge in [-0.25, -0.2) is 4.39 Å². The van der Waals surface area contributed by atoms with Gasteiger partial charge in [-0.1, -0.05) is 24.3 Å². The smallest absolute Gasteiger partial charge is 0.221 e. The molecule has 156 valence electrons. The van der Waals surface area contributed by atoms with E-state index in [9.17, 15) is 14.3 Å². The average Bonchev–Trinajstić information content (AvgIpc) is 2.74. The Morgan fingerprint density at radius 1 is 1.17 bits per heavy atom. The predicted molar refractivity (Wildman–Crippen MR) is 115 cm³/mol. The van der Waals surface area contributed by atoms with Crippen molar-refractivity contribution in [1.29, 1.82) is 0 Å². The zero-order valence-corrected chi connectivity index (χ0v) is 17.0. The summed E-state index contributed by atoms with van der Waals surface area (Å²) < 4.78 is 20.0. The maximum Gasteiger partial charge on any atom is 0.221 e. The molecule has 1 amide bonds. The summed E-state index contributed by atoms with van der Waals surface area (Å²) in [6.45, 7) is 3.17. The minimum absolute atomic E-state index is 0.153. The average molecular weight is 408 g/mol. The lowest BCUT2D eigenvalue weighted by Crippen LogP contribution is -2.29. The van der Waals surface area contributed by atoms with E-state index in [0.717, 1.165) is 17.5 Å². The Labute approximate surface area is 175 Å². The monoisotopic (exact) mass is 408 g/mol. The van der Waals surface area contributed by atoms with Crippen LogP contribution < -0.4 is 10.1 Å². The van der Waals surface area contributed by atoms with Gasteiger partial charge in [0.25, 0.3) is 0 Å². The first-order valence-electron chi connectivity index (χ1n) is 9.83. The maximum absolute atomic E-state index is 14.2. The van der Waals surface area contributed by atoms with Crippen molar-refractivity contribution in [3.63, 3.8) is 0 Å². The quantitative estimate of drug-likeness (QED) is 0.571. The third-order valence-corrected chi connectivity index (χ3v) is 4.78. The standard InChI is InChI=1S/C24H25FN2O3/c1-16(24(29)12-5-18-4-3-13-26-15-18)30-21-9-6-19(7-10-21)20-8-11-23(22(25)14-20)27-17(2)28/h3-4,6-11,13-16,24,29H,5,12H2,1-2H3,(H,27,28)/t16-,24+/m0/s1. The fourth-order valence-corrected chi connectivity index (χ4v) is 3.10. The lowest BCUT2D eigenvalue weighted by Gasteiger charge is -2.20. The Kier molecular flexibility index (Phi) is 7.14. The van der Waals surface area contributed by atoms with Crippen molar-refractivity contribution in [3.05, 3.63) is 78.4 Å². The van der Waals surface area contributed by atoms with Gasteiger partial charge in [0, 0.05) is 19.3 Å². The number of carbonyl (C=O) groups is 1. The number of nitrogens with zero attached hydrogens (tertiary/aromatic N) is 1. The zero-order chi connectivity index (χ0) is 21.5. The van der Waals surface area contributed by atoms with Gasteiger partial charge in [-0.15, -0.1) is 0 Å². The lowest BCUT2D eigenvalue weighted by atomic mass is 10.0. The molecule has 0 spiro atoms. The first-order valence-corrected chi connectivity index (χ1v) is 9.83. The fraction of sp³-hybridized carbons (Fsp3) is 0.250. The highest BCUT2D eigenvalue weighted by Crippen LogP contribution is 2.27. The third kappa shape index (κ3) is 5.87. The molecule has 0 aliphatic carbocycles. The summed E-state index contributed by atoms with van der Waals surface area (Å²) in [6.07, 6.45) is 3.83. The molecule has 0 aliphatic heterocycles. The number of aromatic nitrogens is 1. The Morgan fingerprint density at radius 3 is 2.53 bits per heavy atom. The van der Waals surface area contributed by atoms with E-state index < -0.39 is 11.9 Å². The molecule has 30 heavy (non-hydrogen) atoms. The van der Waals surface area contributed by atoms with E-state index in [1.165, 1.54) is 19.1 Å². The van der Waals surface area contributed by atoms with Crippen molar-refractivity contribution in [3.8, 4) is 16.9 Å². The van der Waals surface area contributed by atoms with Gasteiger partial charge >= 0.3 is 0 Å². The number of nitrogens with one attached hydrogen (secondary N) is 1. The summed E-state index contributed by atoms with van der Waals surface area (Å²) in [5, 5.41) is 12.8. The lowest BCUT2D eigenvalue weighted by molar-refractivity contribution is -0.114. The van der Waals surface area contributed by atoms with Crippen LogP contribution in [-0.2, 0) is 11.2 Å². The van der Waals surface area contributed by atoms with Crippen LogP contribution in [0.4, 0.5) is 10.1 Å². The molecule has 6 heteroatoms. The van der Waals surface area contributed by atoms with E-state index in [-0.39, 0.29) is 17.7 Å². The number of aryl methyl sites for hydroxylation is 1. The Balaban J connectivity index is 1.58. The highest BCUT2D eigenvalue weighted by atomic mass is 19.1. The zero-order valence-electron chi connectivity index (χ0n) is 17.0. The van der Waals surface area contributed by atoms with Gasteiger partial charge in [-0.3, -0.25) is 9.78 Å². The SMILES string of the molecule is CC(=O)Nc1ccc(-c2ccc(O[C@@H](C)[C@H](O)CCc3cccnc3)cc2)cc1F. The summed E-state index contributed by atoms with van der Waals surface area (Å²) in [6, 6.07) is 15.8. The highest BCUT2D eigenvalue weighted by Gasteiger charge is 2.16. The second kappa shape index (κ2) is 9.98.